The second-order valence-corrected chi connectivity index (χ2v) is 4.38. The highest BCUT2D eigenvalue weighted by Crippen LogP contribution is 2.21. The van der Waals surface area contributed by atoms with Gasteiger partial charge in [-0.05, 0) is 18.2 Å². The molecule has 5 nitrogen and oxygen atoms in total. The van der Waals surface area contributed by atoms with Crippen LogP contribution in [0.15, 0.2) is 29.1 Å². The molecule has 0 spiro atoms. The number of halogens is 2. The normalized spacial score (nSPS) is 10.6. The molecule has 0 radical (unpaired) electrons. The number of rotatable bonds is 2. The summed E-state index contributed by atoms with van der Waals surface area (Å²) in [6.45, 7) is -0.486. The van der Waals surface area contributed by atoms with Crippen LogP contribution in [0, 0.1) is 0 Å². The van der Waals surface area contributed by atoms with Gasteiger partial charge in [-0.2, -0.15) is 9.78 Å². The van der Waals surface area contributed by atoms with E-state index in [0.717, 1.165) is 10.7 Å². The molecule has 7 heteroatoms. The van der Waals surface area contributed by atoms with Crippen molar-refractivity contribution in [2.45, 2.75) is 6.61 Å². The fourth-order valence-electron chi connectivity index (χ4n) is 1.44. The van der Waals surface area contributed by atoms with Crippen LogP contribution in [-0.2, 0) is 6.61 Å². The van der Waals surface area contributed by atoms with E-state index < -0.39 is 12.2 Å². The van der Waals surface area contributed by atoms with Crippen LogP contribution in [-0.4, -0.2) is 20.0 Å². The SMILES string of the molecule is O=c1cc(O)c(CO)nn1-c1cc(Cl)cc(Cl)c1. The predicted molar refractivity (Wildman–Crippen MR) is 67.4 cm³/mol. The van der Waals surface area contributed by atoms with Crippen molar-refractivity contribution in [3.63, 3.8) is 0 Å². The van der Waals surface area contributed by atoms with E-state index in [1.165, 1.54) is 18.2 Å². The summed E-state index contributed by atoms with van der Waals surface area (Å²) < 4.78 is 1.00. The van der Waals surface area contributed by atoms with Gasteiger partial charge in [-0.1, -0.05) is 23.2 Å². The maximum absolute atomic E-state index is 11.7. The van der Waals surface area contributed by atoms with Crippen molar-refractivity contribution in [2.24, 2.45) is 0 Å². The molecule has 0 aliphatic carbocycles. The maximum Gasteiger partial charge on any atom is 0.275 e. The van der Waals surface area contributed by atoms with Crippen LogP contribution in [0.25, 0.3) is 5.69 Å². The van der Waals surface area contributed by atoms with Crippen LogP contribution in [0.5, 0.6) is 5.75 Å². The summed E-state index contributed by atoms with van der Waals surface area (Å²) >= 11 is 11.7. The monoisotopic (exact) mass is 286 g/mol. The van der Waals surface area contributed by atoms with Crippen LogP contribution >= 0.6 is 23.2 Å². The molecular formula is C11H8Cl2N2O3. The van der Waals surface area contributed by atoms with Crippen molar-refractivity contribution < 1.29 is 10.2 Å². The number of aromatic nitrogens is 2. The van der Waals surface area contributed by atoms with Crippen molar-refractivity contribution in [1.82, 2.24) is 9.78 Å². The van der Waals surface area contributed by atoms with Crippen LogP contribution in [0.4, 0.5) is 0 Å². The van der Waals surface area contributed by atoms with Gasteiger partial charge in [0.1, 0.15) is 11.4 Å². The molecule has 1 aromatic heterocycles. The van der Waals surface area contributed by atoms with E-state index in [1.807, 2.05) is 0 Å². The molecule has 0 atom stereocenters. The van der Waals surface area contributed by atoms with Crippen molar-refractivity contribution >= 4 is 23.2 Å². The molecule has 0 bridgehead atoms. The highest BCUT2D eigenvalue weighted by atomic mass is 35.5. The van der Waals surface area contributed by atoms with Gasteiger partial charge < -0.3 is 10.2 Å². The second-order valence-electron chi connectivity index (χ2n) is 3.51. The minimum atomic E-state index is -0.553. The number of benzene rings is 1. The Labute approximate surface area is 112 Å². The number of aromatic hydroxyl groups is 1. The molecule has 0 fully saturated rings. The van der Waals surface area contributed by atoms with E-state index in [2.05, 4.69) is 5.10 Å². The fraction of sp³-hybridized carbons (Fsp3) is 0.0909. The van der Waals surface area contributed by atoms with E-state index in [1.54, 1.807) is 0 Å². The summed E-state index contributed by atoms with van der Waals surface area (Å²) in [7, 11) is 0. The molecule has 1 aromatic carbocycles. The Morgan fingerprint density at radius 1 is 1.17 bits per heavy atom. The third kappa shape index (κ3) is 2.48. The van der Waals surface area contributed by atoms with Crippen LogP contribution in [0.1, 0.15) is 5.69 Å². The number of aliphatic hydroxyl groups excluding tert-OH is 1. The Hall–Kier alpha value is -1.56. The van der Waals surface area contributed by atoms with Crippen LogP contribution in [0.3, 0.4) is 0 Å². The molecule has 0 saturated heterocycles. The van der Waals surface area contributed by atoms with Gasteiger partial charge in [0.2, 0.25) is 0 Å². The van der Waals surface area contributed by atoms with Gasteiger partial charge in [-0.3, -0.25) is 4.79 Å². The molecular weight excluding hydrogens is 279 g/mol. The highest BCUT2D eigenvalue weighted by Gasteiger charge is 2.09. The fourth-order valence-corrected chi connectivity index (χ4v) is 1.96. The van der Waals surface area contributed by atoms with E-state index in [4.69, 9.17) is 28.3 Å². The molecule has 0 unspecified atom stereocenters. The summed E-state index contributed by atoms with van der Waals surface area (Å²) in [5.41, 5.74) is -0.207. The number of hydrogen-bond acceptors (Lipinski definition) is 4. The first-order valence-electron chi connectivity index (χ1n) is 4.91. The Balaban J connectivity index is 2.67. The quantitative estimate of drug-likeness (QED) is 0.882. The van der Waals surface area contributed by atoms with Gasteiger partial charge in [0.05, 0.1) is 12.3 Å². The lowest BCUT2D eigenvalue weighted by molar-refractivity contribution is 0.266. The maximum atomic E-state index is 11.7. The van der Waals surface area contributed by atoms with Crippen molar-refractivity contribution in [3.05, 3.63) is 50.4 Å². The molecule has 1 heterocycles. The third-order valence-corrected chi connectivity index (χ3v) is 2.66. The summed E-state index contributed by atoms with van der Waals surface area (Å²) in [6.07, 6.45) is 0. The number of hydrogen-bond donors (Lipinski definition) is 2. The van der Waals surface area contributed by atoms with Crippen molar-refractivity contribution in [3.8, 4) is 11.4 Å². The minimum absolute atomic E-state index is 0.00861. The zero-order chi connectivity index (χ0) is 13.3. The van der Waals surface area contributed by atoms with Gasteiger partial charge in [-0.25, -0.2) is 0 Å². The van der Waals surface area contributed by atoms with E-state index in [0.29, 0.717) is 15.7 Å². The van der Waals surface area contributed by atoms with Gasteiger partial charge in [0.25, 0.3) is 5.56 Å². The summed E-state index contributed by atoms with van der Waals surface area (Å²) in [5.74, 6) is -0.355. The van der Waals surface area contributed by atoms with Gasteiger partial charge in [0.15, 0.2) is 0 Å². The molecule has 0 amide bonds. The zero-order valence-electron chi connectivity index (χ0n) is 8.97. The molecule has 2 rings (SSSR count). The molecule has 0 saturated carbocycles. The van der Waals surface area contributed by atoms with Crippen molar-refractivity contribution in [1.29, 1.82) is 0 Å². The predicted octanol–water partition coefficient (Wildman–Crippen LogP) is 1.74. The Bertz CT molecular complexity index is 635. The highest BCUT2D eigenvalue weighted by molar-refractivity contribution is 6.34. The van der Waals surface area contributed by atoms with E-state index >= 15 is 0 Å². The number of nitrogens with zero attached hydrogens (tertiary/aromatic N) is 2. The first kappa shape index (κ1) is 12.9. The topological polar surface area (TPSA) is 75.3 Å². The third-order valence-electron chi connectivity index (χ3n) is 2.23. The Morgan fingerprint density at radius 3 is 2.33 bits per heavy atom. The summed E-state index contributed by atoms with van der Waals surface area (Å²) in [5, 5.41) is 22.9. The molecule has 0 aliphatic heterocycles. The lowest BCUT2D eigenvalue weighted by Crippen LogP contribution is -2.21. The van der Waals surface area contributed by atoms with Gasteiger partial charge in [0, 0.05) is 16.1 Å². The standard InChI is InChI=1S/C11H8Cl2N2O3/c12-6-1-7(13)3-8(2-6)15-11(18)4-10(17)9(5-16)14-15/h1-4,16-17H,5H2. The summed E-state index contributed by atoms with van der Waals surface area (Å²) in [4.78, 5) is 11.7. The van der Waals surface area contributed by atoms with Gasteiger partial charge in [-0.15, -0.1) is 0 Å². The van der Waals surface area contributed by atoms with Gasteiger partial charge >= 0.3 is 0 Å². The molecule has 0 aliphatic rings. The lowest BCUT2D eigenvalue weighted by atomic mass is 10.3. The molecule has 2 aromatic rings. The Morgan fingerprint density at radius 2 is 1.78 bits per heavy atom. The number of aliphatic hydroxyl groups is 1. The lowest BCUT2D eigenvalue weighted by Gasteiger charge is -2.08. The van der Waals surface area contributed by atoms with Crippen LogP contribution in [0.2, 0.25) is 10.0 Å². The molecule has 18 heavy (non-hydrogen) atoms. The smallest absolute Gasteiger partial charge is 0.275 e. The minimum Gasteiger partial charge on any atom is -0.506 e. The Kier molecular flexibility index (Phi) is 3.56. The average Bonchev–Trinajstić information content (AvgIpc) is 2.27. The van der Waals surface area contributed by atoms with Crippen LogP contribution < -0.4 is 5.56 Å². The van der Waals surface area contributed by atoms with Crippen molar-refractivity contribution in [2.75, 3.05) is 0 Å². The second kappa shape index (κ2) is 4.97. The molecule has 94 valence electrons. The summed E-state index contributed by atoms with van der Waals surface area (Å²) in [6, 6.07) is 5.48. The average molecular weight is 287 g/mol. The zero-order valence-corrected chi connectivity index (χ0v) is 10.5. The van der Waals surface area contributed by atoms with E-state index in [9.17, 15) is 9.90 Å². The first-order valence-corrected chi connectivity index (χ1v) is 5.66. The van der Waals surface area contributed by atoms with E-state index in [-0.39, 0.29) is 11.4 Å². The largest absolute Gasteiger partial charge is 0.506 e. The molecule has 2 N–H and O–H groups in total. The first-order chi connectivity index (χ1) is 8.51.